The molecule has 0 atom stereocenters. The van der Waals surface area contributed by atoms with Gasteiger partial charge in [0.15, 0.2) is 0 Å². The van der Waals surface area contributed by atoms with Crippen molar-refractivity contribution in [3.8, 4) is 24.1 Å². The molecule has 0 aromatic heterocycles. The van der Waals surface area contributed by atoms with Crippen LogP contribution in [0.3, 0.4) is 0 Å². The maximum atomic E-state index is 5.29. The Kier molecular flexibility index (Phi) is 4.83. The van der Waals surface area contributed by atoms with Crippen molar-refractivity contribution >= 4 is 16.6 Å². The standard InChI is InChI=1S/C10H18O2Si2/c1-13(2,3)11-9-7-8-10-12-14(4,5)6/h1-6H3. The molecule has 4 heteroatoms. The molecule has 0 saturated carbocycles. The van der Waals surface area contributed by atoms with Gasteiger partial charge in [-0.2, -0.15) is 0 Å². The van der Waals surface area contributed by atoms with Gasteiger partial charge in [-0.05, 0) is 39.3 Å². The molecule has 0 fully saturated rings. The smallest absolute Gasteiger partial charge is 0.255 e. The second-order valence-electron chi connectivity index (χ2n) is 4.88. The maximum absolute atomic E-state index is 5.29. The topological polar surface area (TPSA) is 18.5 Å². The van der Waals surface area contributed by atoms with Crippen LogP contribution in [0.1, 0.15) is 0 Å². The Morgan fingerprint density at radius 1 is 0.643 bits per heavy atom. The summed E-state index contributed by atoms with van der Waals surface area (Å²) in [5.41, 5.74) is 0. The summed E-state index contributed by atoms with van der Waals surface area (Å²) >= 11 is 0. The molecule has 14 heavy (non-hydrogen) atoms. The maximum Gasteiger partial charge on any atom is 0.255 e. The van der Waals surface area contributed by atoms with Crippen LogP contribution >= 0.6 is 0 Å². The van der Waals surface area contributed by atoms with E-state index in [1.54, 1.807) is 0 Å². The molecule has 78 valence electrons. The number of hydrogen-bond donors (Lipinski definition) is 0. The molecule has 0 aliphatic carbocycles. The van der Waals surface area contributed by atoms with E-state index in [1.807, 2.05) is 0 Å². The van der Waals surface area contributed by atoms with Gasteiger partial charge in [0.05, 0.1) is 0 Å². The van der Waals surface area contributed by atoms with Crippen molar-refractivity contribution in [1.82, 2.24) is 0 Å². The lowest BCUT2D eigenvalue weighted by atomic mass is 10.7. The Bertz CT molecular complexity index is 257. The third-order valence-electron chi connectivity index (χ3n) is 0.879. The number of hydrogen-bond acceptors (Lipinski definition) is 2. The minimum atomic E-state index is -1.53. The van der Waals surface area contributed by atoms with Crippen molar-refractivity contribution in [2.75, 3.05) is 0 Å². The van der Waals surface area contributed by atoms with Crippen molar-refractivity contribution in [2.45, 2.75) is 39.3 Å². The lowest BCUT2D eigenvalue weighted by Gasteiger charge is -2.11. The van der Waals surface area contributed by atoms with Crippen molar-refractivity contribution in [3.63, 3.8) is 0 Å². The zero-order valence-electron chi connectivity index (χ0n) is 9.82. The van der Waals surface area contributed by atoms with Gasteiger partial charge >= 0.3 is 0 Å². The minimum absolute atomic E-state index is 1.53. The second-order valence-corrected chi connectivity index (χ2v) is 13.7. The van der Waals surface area contributed by atoms with E-state index >= 15 is 0 Å². The average molecular weight is 226 g/mol. The fraction of sp³-hybridized carbons (Fsp3) is 0.600. The second kappa shape index (κ2) is 5.14. The molecular formula is C10H18O2Si2. The molecule has 0 radical (unpaired) electrons. The van der Waals surface area contributed by atoms with Crippen LogP contribution in [0.25, 0.3) is 0 Å². The molecule has 2 nitrogen and oxygen atoms in total. The fourth-order valence-electron chi connectivity index (χ4n) is 0.408. The van der Waals surface area contributed by atoms with E-state index in [9.17, 15) is 0 Å². The first-order chi connectivity index (χ1) is 6.21. The largest absolute Gasteiger partial charge is 0.500 e. The van der Waals surface area contributed by atoms with Crippen molar-refractivity contribution in [2.24, 2.45) is 0 Å². The van der Waals surface area contributed by atoms with E-state index in [-0.39, 0.29) is 0 Å². The summed E-state index contributed by atoms with van der Waals surface area (Å²) in [7, 11) is -3.06. The highest BCUT2D eigenvalue weighted by molar-refractivity contribution is 6.70. The van der Waals surface area contributed by atoms with Gasteiger partial charge in [-0.1, -0.05) is 0 Å². The van der Waals surface area contributed by atoms with Crippen molar-refractivity contribution in [3.05, 3.63) is 0 Å². The van der Waals surface area contributed by atoms with Gasteiger partial charge in [0.2, 0.25) is 0 Å². The lowest BCUT2D eigenvalue weighted by Crippen LogP contribution is -2.22. The highest BCUT2D eigenvalue weighted by atomic mass is 28.4. The van der Waals surface area contributed by atoms with E-state index in [4.69, 9.17) is 8.85 Å². The van der Waals surface area contributed by atoms with E-state index in [0.717, 1.165) is 0 Å². The summed E-state index contributed by atoms with van der Waals surface area (Å²) in [6, 6.07) is 0. The van der Waals surface area contributed by atoms with Crippen LogP contribution in [0.2, 0.25) is 39.3 Å². The lowest BCUT2D eigenvalue weighted by molar-refractivity contribution is 0.517. The molecule has 0 aromatic carbocycles. The quantitative estimate of drug-likeness (QED) is 0.532. The molecule has 0 heterocycles. The van der Waals surface area contributed by atoms with Crippen molar-refractivity contribution in [1.29, 1.82) is 0 Å². The first-order valence-electron chi connectivity index (χ1n) is 4.57. The van der Waals surface area contributed by atoms with Gasteiger partial charge in [-0.25, -0.2) is 0 Å². The third kappa shape index (κ3) is 11.2. The van der Waals surface area contributed by atoms with Crippen molar-refractivity contribution < 1.29 is 8.85 Å². The molecule has 0 aliphatic heterocycles. The molecule has 0 N–H and O–H groups in total. The van der Waals surface area contributed by atoms with Gasteiger partial charge in [-0.15, -0.1) is 0 Å². The van der Waals surface area contributed by atoms with Crippen LogP contribution in [-0.2, 0) is 8.85 Å². The normalized spacial score (nSPS) is 10.4. The first kappa shape index (κ1) is 13.2. The van der Waals surface area contributed by atoms with Gasteiger partial charge in [-0.3, -0.25) is 0 Å². The zero-order chi connectivity index (χ0) is 11.2. The summed E-state index contributed by atoms with van der Waals surface area (Å²) in [5, 5.41) is 0. The molecule has 0 amide bonds. The van der Waals surface area contributed by atoms with Crippen LogP contribution in [-0.4, -0.2) is 16.6 Å². The van der Waals surface area contributed by atoms with E-state index in [0.29, 0.717) is 0 Å². The molecule has 0 aromatic rings. The van der Waals surface area contributed by atoms with Gasteiger partial charge in [0.1, 0.15) is 12.2 Å². The SMILES string of the molecule is C[Si](C)(C)OC#CC#CO[Si](C)(C)C. The van der Waals surface area contributed by atoms with Gasteiger partial charge < -0.3 is 8.85 Å². The van der Waals surface area contributed by atoms with E-state index in [2.05, 4.69) is 63.3 Å². The molecule has 0 bridgehead atoms. The summed E-state index contributed by atoms with van der Waals surface area (Å²) in [6.07, 6.45) is 5.17. The van der Waals surface area contributed by atoms with Crippen LogP contribution in [0.4, 0.5) is 0 Å². The van der Waals surface area contributed by atoms with Crippen LogP contribution < -0.4 is 0 Å². The molecular weight excluding hydrogens is 208 g/mol. The number of rotatable bonds is 2. The third-order valence-corrected chi connectivity index (χ3v) is 2.31. The van der Waals surface area contributed by atoms with Gasteiger partial charge in [0.25, 0.3) is 16.6 Å². The predicted molar refractivity (Wildman–Crippen MR) is 64.4 cm³/mol. The van der Waals surface area contributed by atoms with Gasteiger partial charge in [0, 0.05) is 11.8 Å². The molecule has 0 aliphatic rings. The average Bonchev–Trinajstić information content (AvgIpc) is 1.92. The molecule has 0 saturated heterocycles. The Morgan fingerprint density at radius 2 is 0.929 bits per heavy atom. The summed E-state index contributed by atoms with van der Waals surface area (Å²) in [6.45, 7) is 12.5. The van der Waals surface area contributed by atoms with E-state index < -0.39 is 16.6 Å². The van der Waals surface area contributed by atoms with E-state index in [1.165, 1.54) is 0 Å². The predicted octanol–water partition coefficient (Wildman–Crippen LogP) is 2.61. The summed E-state index contributed by atoms with van der Waals surface area (Å²) < 4.78 is 10.6. The van der Waals surface area contributed by atoms with Crippen LogP contribution in [0.5, 0.6) is 0 Å². The summed E-state index contributed by atoms with van der Waals surface area (Å²) in [4.78, 5) is 0. The Morgan fingerprint density at radius 3 is 1.14 bits per heavy atom. The van der Waals surface area contributed by atoms with Crippen LogP contribution in [0, 0.1) is 24.1 Å². The highest BCUT2D eigenvalue weighted by Crippen LogP contribution is 2.00. The zero-order valence-corrected chi connectivity index (χ0v) is 11.8. The first-order valence-corrected chi connectivity index (χ1v) is 11.4. The van der Waals surface area contributed by atoms with Crippen LogP contribution in [0.15, 0.2) is 0 Å². The monoisotopic (exact) mass is 226 g/mol. The Balaban J connectivity index is 3.93. The summed E-state index contributed by atoms with van der Waals surface area (Å²) in [5.74, 6) is 5.23. The fourth-order valence-corrected chi connectivity index (χ4v) is 1.12. The Hall–Kier alpha value is -0.846. The molecule has 0 rings (SSSR count). The highest BCUT2D eigenvalue weighted by Gasteiger charge is 2.14. The Labute approximate surface area is 89.3 Å². The minimum Gasteiger partial charge on any atom is -0.500 e. The molecule has 0 unspecified atom stereocenters. The molecule has 0 spiro atoms.